The first-order valence-electron chi connectivity index (χ1n) is 10.4. The minimum Gasteiger partial charge on any atom is -0.316 e. The van der Waals surface area contributed by atoms with Gasteiger partial charge in [0.05, 0.1) is 4.90 Å². The van der Waals surface area contributed by atoms with E-state index in [2.05, 4.69) is 4.98 Å². The van der Waals surface area contributed by atoms with Gasteiger partial charge in [0.25, 0.3) is 0 Å². The Bertz CT molecular complexity index is 1170. The van der Waals surface area contributed by atoms with Gasteiger partial charge in [-0.3, -0.25) is 0 Å². The van der Waals surface area contributed by atoms with Crippen LogP contribution in [-0.2, 0) is 36.3 Å². The lowest BCUT2D eigenvalue weighted by Gasteiger charge is -2.20. The molecule has 2 aliphatic rings. The van der Waals surface area contributed by atoms with Gasteiger partial charge in [0.1, 0.15) is 11.3 Å². The highest BCUT2D eigenvalue weighted by Gasteiger charge is 2.33. The molecule has 1 atom stereocenters. The third-order valence-electron chi connectivity index (χ3n) is 6.40. The van der Waals surface area contributed by atoms with E-state index in [0.29, 0.717) is 18.0 Å². The largest absolute Gasteiger partial charge is 0.316 e. The highest BCUT2D eigenvalue weighted by molar-refractivity contribution is 7.89. The molecule has 7 heteroatoms. The summed E-state index contributed by atoms with van der Waals surface area (Å²) in [5, 5.41) is 0. The second kappa shape index (κ2) is 7.22. The number of hydrogen-bond acceptors (Lipinski definition) is 4. The fraction of sp³-hybridized carbons (Fsp3) is 0.455. The van der Waals surface area contributed by atoms with Crippen molar-refractivity contribution in [2.75, 3.05) is 13.1 Å². The first-order valence-corrected chi connectivity index (χ1v) is 11.8. The van der Waals surface area contributed by atoms with Gasteiger partial charge in [-0.15, -0.1) is 0 Å². The molecular formula is C22H26N4O2S. The van der Waals surface area contributed by atoms with Crippen LogP contribution in [0.3, 0.4) is 0 Å². The van der Waals surface area contributed by atoms with Crippen molar-refractivity contribution in [3.63, 3.8) is 0 Å². The summed E-state index contributed by atoms with van der Waals surface area (Å²) >= 11 is 0. The third-order valence-corrected chi connectivity index (χ3v) is 8.26. The van der Waals surface area contributed by atoms with E-state index in [4.69, 9.17) is 4.98 Å². The van der Waals surface area contributed by atoms with Crippen LogP contribution in [0.25, 0.3) is 11.2 Å². The normalized spacial score (nSPS) is 20.2. The van der Waals surface area contributed by atoms with Crippen molar-refractivity contribution in [1.82, 2.24) is 18.8 Å². The summed E-state index contributed by atoms with van der Waals surface area (Å²) in [6.07, 6.45) is 7.80. The number of sulfonamides is 1. The zero-order chi connectivity index (χ0) is 20.0. The average molecular weight is 411 g/mol. The molecule has 0 N–H and O–H groups in total. The van der Waals surface area contributed by atoms with Crippen LogP contribution in [0, 0.1) is 5.92 Å². The molecule has 3 heterocycles. The average Bonchev–Trinajstić information content (AvgIpc) is 3.34. The van der Waals surface area contributed by atoms with E-state index in [1.54, 1.807) is 16.6 Å². The van der Waals surface area contributed by atoms with Crippen molar-refractivity contribution in [3.05, 3.63) is 53.5 Å². The molecule has 1 unspecified atom stereocenters. The number of fused-ring (bicyclic) bond motifs is 2. The van der Waals surface area contributed by atoms with E-state index in [-0.39, 0.29) is 5.92 Å². The fourth-order valence-corrected chi connectivity index (χ4v) is 6.29. The highest BCUT2D eigenvalue weighted by atomic mass is 32.2. The third kappa shape index (κ3) is 3.36. The van der Waals surface area contributed by atoms with Gasteiger partial charge in [-0.05, 0) is 73.4 Å². The molecule has 0 radical (unpaired) electrons. The monoisotopic (exact) mass is 410 g/mol. The molecule has 1 aliphatic carbocycles. The maximum atomic E-state index is 13.2. The number of benzene rings is 1. The van der Waals surface area contributed by atoms with Crippen LogP contribution in [0.1, 0.15) is 36.2 Å². The van der Waals surface area contributed by atoms with E-state index in [1.807, 2.05) is 35.9 Å². The van der Waals surface area contributed by atoms with E-state index < -0.39 is 10.0 Å². The molecule has 5 rings (SSSR count). The van der Waals surface area contributed by atoms with E-state index in [1.165, 1.54) is 17.5 Å². The summed E-state index contributed by atoms with van der Waals surface area (Å²) in [4.78, 5) is 9.55. The second-order valence-electron chi connectivity index (χ2n) is 8.29. The zero-order valence-electron chi connectivity index (χ0n) is 16.7. The van der Waals surface area contributed by atoms with Crippen molar-refractivity contribution >= 4 is 21.2 Å². The van der Waals surface area contributed by atoms with Crippen LogP contribution in [0.4, 0.5) is 0 Å². The van der Waals surface area contributed by atoms with E-state index >= 15 is 0 Å². The Morgan fingerprint density at radius 3 is 2.79 bits per heavy atom. The van der Waals surface area contributed by atoms with Crippen LogP contribution < -0.4 is 0 Å². The lowest BCUT2D eigenvalue weighted by atomic mass is 9.92. The predicted octanol–water partition coefficient (Wildman–Crippen LogP) is 3.10. The Labute approximate surface area is 171 Å². The zero-order valence-corrected chi connectivity index (χ0v) is 17.5. The maximum absolute atomic E-state index is 13.2. The quantitative estimate of drug-likeness (QED) is 0.663. The second-order valence-corrected chi connectivity index (χ2v) is 10.2. The van der Waals surface area contributed by atoms with Crippen LogP contribution in [0.5, 0.6) is 0 Å². The molecule has 152 valence electrons. The number of rotatable bonds is 4. The molecule has 1 aromatic carbocycles. The lowest BCUT2D eigenvalue weighted by Crippen LogP contribution is -2.29. The Morgan fingerprint density at radius 1 is 1.14 bits per heavy atom. The number of pyridine rings is 1. The molecule has 29 heavy (non-hydrogen) atoms. The van der Waals surface area contributed by atoms with Crippen molar-refractivity contribution in [1.29, 1.82) is 0 Å². The van der Waals surface area contributed by atoms with Gasteiger partial charge < -0.3 is 4.57 Å². The summed E-state index contributed by atoms with van der Waals surface area (Å²) in [5.74, 6) is 1.25. The van der Waals surface area contributed by atoms with Crippen molar-refractivity contribution in [2.45, 2.75) is 43.4 Å². The number of imidazole rings is 1. The molecule has 6 nitrogen and oxygen atoms in total. The molecule has 0 saturated carbocycles. The van der Waals surface area contributed by atoms with Gasteiger partial charge in [-0.1, -0.05) is 6.07 Å². The number of nitrogens with zero attached hydrogens (tertiary/aromatic N) is 4. The van der Waals surface area contributed by atoms with Gasteiger partial charge in [0, 0.05) is 32.8 Å². The van der Waals surface area contributed by atoms with E-state index in [9.17, 15) is 8.42 Å². The van der Waals surface area contributed by atoms with Gasteiger partial charge in [0.2, 0.25) is 10.0 Å². The van der Waals surface area contributed by atoms with Gasteiger partial charge in [0.15, 0.2) is 5.65 Å². The molecule has 1 aliphatic heterocycles. The minimum atomic E-state index is -3.44. The van der Waals surface area contributed by atoms with Crippen molar-refractivity contribution < 1.29 is 8.42 Å². The summed E-state index contributed by atoms with van der Waals surface area (Å²) < 4.78 is 30.1. The molecule has 0 bridgehead atoms. The van der Waals surface area contributed by atoms with Crippen LogP contribution in [-0.4, -0.2) is 40.3 Å². The molecule has 2 aromatic heterocycles. The Kier molecular flexibility index (Phi) is 4.67. The van der Waals surface area contributed by atoms with Crippen LogP contribution in [0.15, 0.2) is 41.4 Å². The van der Waals surface area contributed by atoms with Crippen LogP contribution in [0.2, 0.25) is 0 Å². The molecule has 3 aromatic rings. The molecular weight excluding hydrogens is 384 g/mol. The first-order chi connectivity index (χ1) is 14.0. The number of hydrogen-bond donors (Lipinski definition) is 0. The summed E-state index contributed by atoms with van der Waals surface area (Å²) in [6, 6.07) is 9.58. The Morgan fingerprint density at radius 2 is 1.97 bits per heavy atom. The minimum absolute atomic E-state index is 0.276. The standard InChI is InChI=1S/C22H26N4O2S/c1-25-21(24-20-7-4-11-23-22(20)25)13-16-10-12-26(15-16)29(27,28)19-9-8-17-5-2-3-6-18(17)14-19/h4,7-9,11,14,16H,2-3,5-6,10,12-13,15H2,1H3. The van der Waals surface area contributed by atoms with Gasteiger partial charge in [-0.2, -0.15) is 4.31 Å². The summed E-state index contributed by atoms with van der Waals surface area (Å²) in [7, 11) is -1.46. The van der Waals surface area contributed by atoms with E-state index in [0.717, 1.165) is 49.1 Å². The van der Waals surface area contributed by atoms with Crippen LogP contribution >= 0.6 is 0 Å². The predicted molar refractivity (Wildman–Crippen MR) is 112 cm³/mol. The highest BCUT2D eigenvalue weighted by Crippen LogP contribution is 2.30. The summed E-state index contributed by atoms with van der Waals surface area (Å²) in [6.45, 7) is 1.13. The van der Waals surface area contributed by atoms with Gasteiger partial charge in [-0.25, -0.2) is 18.4 Å². The van der Waals surface area contributed by atoms with Crippen molar-refractivity contribution in [3.8, 4) is 0 Å². The Balaban J connectivity index is 1.34. The molecule has 1 fully saturated rings. The van der Waals surface area contributed by atoms with Gasteiger partial charge >= 0.3 is 0 Å². The van der Waals surface area contributed by atoms with Crippen molar-refractivity contribution in [2.24, 2.45) is 13.0 Å². The number of aryl methyl sites for hydroxylation is 3. The lowest BCUT2D eigenvalue weighted by molar-refractivity contribution is 0.451. The molecule has 0 spiro atoms. The number of aromatic nitrogens is 3. The SMILES string of the molecule is Cn1c(CC2CCN(S(=O)(=O)c3ccc4c(c3)CCCC4)C2)nc2cccnc21. The topological polar surface area (TPSA) is 68.1 Å². The first kappa shape index (κ1) is 18.8. The molecule has 1 saturated heterocycles. The summed E-state index contributed by atoms with van der Waals surface area (Å²) in [5.41, 5.74) is 4.28. The Hall–Kier alpha value is -2.25. The fourth-order valence-electron chi connectivity index (χ4n) is 4.71. The molecule has 0 amide bonds. The smallest absolute Gasteiger partial charge is 0.243 e. The maximum Gasteiger partial charge on any atom is 0.243 e.